The Labute approximate surface area is 111 Å². The van der Waals surface area contributed by atoms with Gasteiger partial charge < -0.3 is 10.8 Å². The van der Waals surface area contributed by atoms with Crippen LogP contribution in [0.25, 0.3) is 0 Å². The molecule has 0 bridgehead atoms. The maximum atomic E-state index is 11.8. The largest absolute Gasteiger partial charge is 0.383 e. The predicted octanol–water partition coefficient (Wildman–Crippen LogP) is 0.380. The zero-order valence-electron chi connectivity index (χ0n) is 10.7. The van der Waals surface area contributed by atoms with E-state index in [2.05, 4.69) is 10.9 Å². The third-order valence-electron chi connectivity index (χ3n) is 4.75. The van der Waals surface area contributed by atoms with Crippen molar-refractivity contribution < 1.29 is 5.11 Å². The molecule has 0 spiro atoms. The Morgan fingerprint density at radius 3 is 2.68 bits per heavy atom. The second-order valence-electron chi connectivity index (χ2n) is 5.77. The molecule has 0 saturated heterocycles. The highest BCUT2D eigenvalue weighted by Gasteiger charge is 2.68. The SMILES string of the molecule is C#C[C@@H](O)C1(C2(Cn3ccc(N)nc3=O)CC2)CC1. The van der Waals surface area contributed by atoms with Gasteiger partial charge in [-0.2, -0.15) is 4.98 Å². The summed E-state index contributed by atoms with van der Waals surface area (Å²) in [6, 6.07) is 1.62. The van der Waals surface area contributed by atoms with Gasteiger partial charge in [0, 0.05) is 18.2 Å². The van der Waals surface area contributed by atoms with E-state index in [1.165, 1.54) is 0 Å². The van der Waals surface area contributed by atoms with Crippen molar-refractivity contribution >= 4 is 5.82 Å². The Balaban J connectivity index is 1.88. The van der Waals surface area contributed by atoms with Gasteiger partial charge in [0.15, 0.2) is 0 Å². The summed E-state index contributed by atoms with van der Waals surface area (Å²) < 4.78 is 1.58. The van der Waals surface area contributed by atoms with Crippen LogP contribution in [-0.4, -0.2) is 20.8 Å². The van der Waals surface area contributed by atoms with E-state index in [-0.39, 0.29) is 22.3 Å². The van der Waals surface area contributed by atoms with Crippen molar-refractivity contribution in [2.45, 2.75) is 38.3 Å². The second-order valence-corrected chi connectivity index (χ2v) is 5.77. The molecule has 5 nitrogen and oxygen atoms in total. The number of nitrogen functional groups attached to an aromatic ring is 1. The Morgan fingerprint density at radius 1 is 1.53 bits per heavy atom. The fraction of sp³-hybridized carbons (Fsp3) is 0.571. The monoisotopic (exact) mass is 259 g/mol. The molecule has 3 N–H and O–H groups in total. The van der Waals surface area contributed by atoms with Crippen molar-refractivity contribution in [3.05, 3.63) is 22.7 Å². The number of hydrogen-bond donors (Lipinski definition) is 2. The number of hydrogen-bond acceptors (Lipinski definition) is 4. The predicted molar refractivity (Wildman–Crippen MR) is 71.1 cm³/mol. The molecule has 100 valence electrons. The summed E-state index contributed by atoms with van der Waals surface area (Å²) in [5.74, 6) is 2.69. The summed E-state index contributed by atoms with van der Waals surface area (Å²) >= 11 is 0. The van der Waals surface area contributed by atoms with Crippen molar-refractivity contribution in [2.75, 3.05) is 5.73 Å². The van der Waals surface area contributed by atoms with E-state index in [1.807, 2.05) is 0 Å². The van der Waals surface area contributed by atoms with Crippen LogP contribution in [0.3, 0.4) is 0 Å². The molecule has 0 radical (unpaired) electrons. The molecular formula is C14H17N3O2. The molecule has 0 amide bonds. The Hall–Kier alpha value is -1.80. The minimum Gasteiger partial charge on any atom is -0.383 e. The third kappa shape index (κ3) is 1.75. The van der Waals surface area contributed by atoms with Gasteiger partial charge in [0.25, 0.3) is 0 Å². The van der Waals surface area contributed by atoms with Crippen LogP contribution in [0, 0.1) is 23.2 Å². The minimum absolute atomic E-state index is 0.0413. The lowest BCUT2D eigenvalue weighted by molar-refractivity contribution is 0.0770. The van der Waals surface area contributed by atoms with Crippen LogP contribution in [-0.2, 0) is 6.54 Å². The summed E-state index contributed by atoms with van der Waals surface area (Å²) in [5.41, 5.74) is 4.91. The van der Waals surface area contributed by atoms with Crippen LogP contribution in [0.5, 0.6) is 0 Å². The van der Waals surface area contributed by atoms with Gasteiger partial charge in [-0.3, -0.25) is 4.57 Å². The standard InChI is InChI=1S/C14H17N3O2/c1-2-10(18)14(6-7-14)13(4-5-13)9-17-8-3-11(15)16-12(17)19/h1,3,8,10,18H,4-7,9H2,(H2,15,16,19)/t10-/m1/s1. The molecule has 5 heteroatoms. The Bertz CT molecular complexity index is 606. The highest BCUT2D eigenvalue weighted by atomic mass is 16.3. The Kier molecular flexibility index (Phi) is 2.48. The van der Waals surface area contributed by atoms with Gasteiger partial charge in [-0.15, -0.1) is 6.42 Å². The molecule has 2 fully saturated rings. The summed E-state index contributed by atoms with van der Waals surface area (Å²) in [6.07, 6.45) is 10.2. The number of nitrogens with two attached hydrogens (primary N) is 1. The van der Waals surface area contributed by atoms with Gasteiger partial charge in [-0.25, -0.2) is 4.79 Å². The summed E-state index contributed by atoms with van der Waals surface area (Å²) in [7, 11) is 0. The van der Waals surface area contributed by atoms with E-state index >= 15 is 0 Å². The van der Waals surface area contributed by atoms with Gasteiger partial charge >= 0.3 is 5.69 Å². The molecule has 3 rings (SSSR count). The van der Waals surface area contributed by atoms with Crippen LogP contribution in [0.15, 0.2) is 17.1 Å². The van der Waals surface area contributed by atoms with Gasteiger partial charge in [0.2, 0.25) is 0 Å². The van der Waals surface area contributed by atoms with E-state index < -0.39 is 6.10 Å². The molecule has 2 aliphatic carbocycles. The van der Waals surface area contributed by atoms with Crippen molar-refractivity contribution in [1.29, 1.82) is 0 Å². The van der Waals surface area contributed by atoms with Gasteiger partial charge in [0.05, 0.1) is 0 Å². The first-order chi connectivity index (χ1) is 9.03. The number of aliphatic hydroxyl groups excluding tert-OH is 1. The molecule has 2 aliphatic rings. The van der Waals surface area contributed by atoms with Crippen LogP contribution < -0.4 is 11.4 Å². The zero-order valence-corrected chi connectivity index (χ0v) is 10.7. The molecule has 1 aromatic heterocycles. The van der Waals surface area contributed by atoms with E-state index in [9.17, 15) is 9.90 Å². The molecule has 0 aromatic carbocycles. The van der Waals surface area contributed by atoms with Crippen LogP contribution in [0.1, 0.15) is 25.7 Å². The van der Waals surface area contributed by atoms with E-state index in [0.29, 0.717) is 6.54 Å². The number of rotatable bonds is 4. The van der Waals surface area contributed by atoms with Crippen LogP contribution in [0.2, 0.25) is 0 Å². The fourth-order valence-electron chi connectivity index (χ4n) is 3.24. The maximum Gasteiger partial charge on any atom is 0.349 e. The van der Waals surface area contributed by atoms with Crippen molar-refractivity contribution in [2.24, 2.45) is 10.8 Å². The van der Waals surface area contributed by atoms with Crippen molar-refractivity contribution in [1.82, 2.24) is 9.55 Å². The molecule has 1 atom stereocenters. The van der Waals surface area contributed by atoms with Gasteiger partial charge in [-0.05, 0) is 37.2 Å². The fourth-order valence-corrected chi connectivity index (χ4v) is 3.24. The van der Waals surface area contributed by atoms with Crippen LogP contribution >= 0.6 is 0 Å². The number of terminal acetylenes is 1. The van der Waals surface area contributed by atoms with Crippen molar-refractivity contribution in [3.63, 3.8) is 0 Å². The molecule has 1 heterocycles. The first kappa shape index (κ1) is 12.2. The normalized spacial score (nSPS) is 23.4. The number of nitrogens with zero attached hydrogens (tertiary/aromatic N) is 2. The lowest BCUT2D eigenvalue weighted by Gasteiger charge is -2.29. The van der Waals surface area contributed by atoms with Crippen LogP contribution in [0.4, 0.5) is 5.82 Å². The smallest absolute Gasteiger partial charge is 0.349 e. The quantitative estimate of drug-likeness (QED) is 0.766. The second kappa shape index (κ2) is 3.84. The molecule has 1 aromatic rings. The summed E-state index contributed by atoms with van der Waals surface area (Å²) in [6.45, 7) is 0.567. The lowest BCUT2D eigenvalue weighted by Crippen LogP contribution is -2.36. The highest BCUT2D eigenvalue weighted by Crippen LogP contribution is 2.72. The number of aliphatic hydroxyl groups is 1. The molecular weight excluding hydrogens is 242 g/mol. The summed E-state index contributed by atoms with van der Waals surface area (Å²) in [4.78, 5) is 15.5. The number of anilines is 1. The average molecular weight is 259 g/mol. The summed E-state index contributed by atoms with van der Waals surface area (Å²) in [5, 5.41) is 10.1. The van der Waals surface area contributed by atoms with Gasteiger partial charge in [0.1, 0.15) is 11.9 Å². The minimum atomic E-state index is -0.715. The topological polar surface area (TPSA) is 81.1 Å². The molecule has 0 aliphatic heterocycles. The van der Waals surface area contributed by atoms with Crippen molar-refractivity contribution in [3.8, 4) is 12.3 Å². The molecule has 2 saturated carbocycles. The van der Waals surface area contributed by atoms with E-state index in [1.54, 1.807) is 16.8 Å². The average Bonchev–Trinajstić information content (AvgIpc) is 3.24. The first-order valence-electron chi connectivity index (χ1n) is 6.50. The van der Waals surface area contributed by atoms with E-state index in [0.717, 1.165) is 25.7 Å². The molecule has 19 heavy (non-hydrogen) atoms. The first-order valence-corrected chi connectivity index (χ1v) is 6.50. The maximum absolute atomic E-state index is 11.8. The number of aromatic nitrogens is 2. The zero-order chi connectivity index (χ0) is 13.7. The highest BCUT2D eigenvalue weighted by molar-refractivity contribution is 5.25. The third-order valence-corrected chi connectivity index (χ3v) is 4.75. The van der Waals surface area contributed by atoms with Gasteiger partial charge in [-0.1, -0.05) is 5.92 Å². The molecule has 0 unspecified atom stereocenters. The Morgan fingerprint density at radius 2 is 2.21 bits per heavy atom. The lowest BCUT2D eigenvalue weighted by atomic mass is 9.81. The van der Waals surface area contributed by atoms with E-state index in [4.69, 9.17) is 12.2 Å².